The Hall–Kier alpha value is -2.91. The van der Waals surface area contributed by atoms with Crippen molar-refractivity contribution >= 4 is 17.6 Å². The molecule has 0 atom stereocenters. The van der Waals surface area contributed by atoms with Crippen molar-refractivity contribution in [2.75, 3.05) is 21.3 Å². The van der Waals surface area contributed by atoms with E-state index in [1.165, 1.54) is 39.5 Å². The van der Waals surface area contributed by atoms with Gasteiger partial charge >= 0.3 is 5.97 Å². The number of carbonyl (C=O) groups is 1. The zero-order chi connectivity index (χ0) is 18.4. The van der Waals surface area contributed by atoms with Crippen molar-refractivity contribution < 1.29 is 23.7 Å². The van der Waals surface area contributed by atoms with Crippen molar-refractivity contribution in [1.82, 2.24) is 0 Å². The zero-order valence-corrected chi connectivity index (χ0v) is 14.7. The lowest BCUT2D eigenvalue weighted by Crippen LogP contribution is -2.12. The second-order valence-corrected chi connectivity index (χ2v) is 5.31. The fourth-order valence-electron chi connectivity index (χ4n) is 2.27. The largest absolute Gasteiger partial charge is 0.493 e. The van der Waals surface area contributed by atoms with Gasteiger partial charge in [-0.05, 0) is 24.3 Å². The quantitative estimate of drug-likeness (QED) is 0.579. The predicted molar refractivity (Wildman–Crippen MR) is 91.6 cm³/mol. The third-order valence-electron chi connectivity index (χ3n) is 3.41. The van der Waals surface area contributed by atoms with Crippen LogP contribution in [0.2, 0.25) is 5.02 Å². The highest BCUT2D eigenvalue weighted by Gasteiger charge is 2.19. The summed E-state index contributed by atoms with van der Waals surface area (Å²) >= 11 is 6.01. The monoisotopic (exact) mass is 361 g/mol. The number of halogens is 1. The van der Waals surface area contributed by atoms with Crippen molar-refractivity contribution in [3.8, 4) is 29.1 Å². The molecule has 0 aliphatic rings. The molecule has 25 heavy (non-hydrogen) atoms. The molecule has 2 rings (SSSR count). The Morgan fingerprint density at radius 1 is 1.04 bits per heavy atom. The maximum absolute atomic E-state index is 12.2. The highest BCUT2D eigenvalue weighted by Crippen LogP contribution is 2.40. The van der Waals surface area contributed by atoms with Crippen LogP contribution in [-0.2, 0) is 11.2 Å². The van der Waals surface area contributed by atoms with Crippen molar-refractivity contribution in [2.24, 2.45) is 0 Å². The molecule has 130 valence electrons. The first-order valence-corrected chi connectivity index (χ1v) is 7.60. The van der Waals surface area contributed by atoms with Crippen LogP contribution in [-0.4, -0.2) is 27.3 Å². The maximum atomic E-state index is 12.2. The molecule has 0 heterocycles. The van der Waals surface area contributed by atoms with E-state index < -0.39 is 5.97 Å². The van der Waals surface area contributed by atoms with E-state index in [9.17, 15) is 4.79 Å². The minimum Gasteiger partial charge on any atom is -0.493 e. The van der Waals surface area contributed by atoms with E-state index in [1.54, 1.807) is 12.1 Å². The van der Waals surface area contributed by atoms with Crippen LogP contribution >= 0.6 is 11.6 Å². The maximum Gasteiger partial charge on any atom is 0.315 e. The highest BCUT2D eigenvalue weighted by atomic mass is 35.5. The Bertz CT molecular complexity index is 829. The van der Waals surface area contributed by atoms with Crippen LogP contribution in [0.1, 0.15) is 11.1 Å². The number of hydrogen-bond acceptors (Lipinski definition) is 6. The lowest BCUT2D eigenvalue weighted by Gasteiger charge is -2.15. The van der Waals surface area contributed by atoms with E-state index in [4.69, 9.17) is 35.8 Å². The van der Waals surface area contributed by atoms with Gasteiger partial charge in [-0.25, -0.2) is 0 Å². The first-order valence-electron chi connectivity index (χ1n) is 7.22. The third-order valence-corrected chi connectivity index (χ3v) is 3.70. The summed E-state index contributed by atoms with van der Waals surface area (Å²) < 4.78 is 21.1. The molecule has 0 bridgehead atoms. The average Bonchev–Trinajstić information content (AvgIpc) is 2.62. The minimum atomic E-state index is -0.530. The normalized spacial score (nSPS) is 9.88. The predicted octanol–water partition coefficient (Wildman–Crippen LogP) is 3.39. The standard InChI is InChI=1S/C18H16ClNO5/c1-22-15-7-5-12(17(23-2)18(15)24-3)9-16(21)25-14-6-4-11(10-20)8-13(14)19/h4-8H,9H2,1-3H3. The molecule has 0 amide bonds. The molecule has 7 heteroatoms. The van der Waals surface area contributed by atoms with Gasteiger partial charge in [-0.3, -0.25) is 4.79 Å². The Labute approximate surface area is 150 Å². The summed E-state index contributed by atoms with van der Waals surface area (Å²) in [6.07, 6.45) is -0.0557. The van der Waals surface area contributed by atoms with Gasteiger partial charge < -0.3 is 18.9 Å². The van der Waals surface area contributed by atoms with Gasteiger partial charge in [0.15, 0.2) is 11.5 Å². The minimum absolute atomic E-state index is 0.0557. The van der Waals surface area contributed by atoms with Crippen LogP contribution in [0.15, 0.2) is 30.3 Å². The van der Waals surface area contributed by atoms with Gasteiger partial charge in [0.2, 0.25) is 5.75 Å². The zero-order valence-electron chi connectivity index (χ0n) is 14.0. The Balaban J connectivity index is 2.22. The van der Waals surface area contributed by atoms with Gasteiger partial charge in [0.1, 0.15) is 5.75 Å². The number of nitrogens with zero attached hydrogens (tertiary/aromatic N) is 1. The summed E-state index contributed by atoms with van der Waals surface area (Å²) in [6.45, 7) is 0. The number of benzene rings is 2. The first-order chi connectivity index (χ1) is 12.0. The molecule has 0 aromatic heterocycles. The summed E-state index contributed by atoms with van der Waals surface area (Å²) in [7, 11) is 4.47. The topological polar surface area (TPSA) is 77.8 Å². The molecule has 0 fully saturated rings. The highest BCUT2D eigenvalue weighted by molar-refractivity contribution is 6.32. The molecule has 0 saturated carbocycles. The number of rotatable bonds is 6. The summed E-state index contributed by atoms with van der Waals surface area (Å²) in [6, 6.07) is 9.76. The fourth-order valence-corrected chi connectivity index (χ4v) is 2.49. The number of esters is 1. The molecule has 2 aromatic carbocycles. The number of carbonyl (C=O) groups excluding carboxylic acids is 1. The van der Waals surface area contributed by atoms with Crippen molar-refractivity contribution in [3.05, 3.63) is 46.5 Å². The molecule has 6 nitrogen and oxygen atoms in total. The summed E-state index contributed by atoms with van der Waals surface area (Å²) in [5.41, 5.74) is 0.960. The Morgan fingerprint density at radius 3 is 2.28 bits per heavy atom. The summed E-state index contributed by atoms with van der Waals surface area (Å²) in [4.78, 5) is 12.2. The van der Waals surface area contributed by atoms with Gasteiger partial charge in [0.05, 0.1) is 44.4 Å². The van der Waals surface area contributed by atoms with E-state index in [-0.39, 0.29) is 17.2 Å². The second-order valence-electron chi connectivity index (χ2n) is 4.90. The van der Waals surface area contributed by atoms with Crippen LogP contribution in [0.3, 0.4) is 0 Å². The smallest absolute Gasteiger partial charge is 0.315 e. The van der Waals surface area contributed by atoms with Crippen LogP contribution in [0, 0.1) is 11.3 Å². The second kappa shape index (κ2) is 8.27. The Kier molecular flexibility index (Phi) is 6.09. The molecule has 0 aliphatic heterocycles. The summed E-state index contributed by atoms with van der Waals surface area (Å²) in [5.74, 6) is 0.935. The number of nitriles is 1. The van der Waals surface area contributed by atoms with E-state index in [0.717, 1.165) is 0 Å². The van der Waals surface area contributed by atoms with Crippen molar-refractivity contribution in [1.29, 1.82) is 5.26 Å². The molecule has 0 aliphatic carbocycles. The molecule has 0 radical (unpaired) electrons. The van der Waals surface area contributed by atoms with Crippen LogP contribution in [0.4, 0.5) is 0 Å². The van der Waals surface area contributed by atoms with Crippen molar-refractivity contribution in [3.63, 3.8) is 0 Å². The van der Waals surface area contributed by atoms with Crippen LogP contribution in [0.25, 0.3) is 0 Å². The van der Waals surface area contributed by atoms with Crippen LogP contribution < -0.4 is 18.9 Å². The number of methoxy groups -OCH3 is 3. The van der Waals surface area contributed by atoms with E-state index >= 15 is 0 Å². The fraction of sp³-hybridized carbons (Fsp3) is 0.222. The van der Waals surface area contributed by atoms with E-state index in [0.29, 0.717) is 28.4 Å². The van der Waals surface area contributed by atoms with E-state index in [1.807, 2.05) is 6.07 Å². The lowest BCUT2D eigenvalue weighted by molar-refractivity contribution is -0.133. The Morgan fingerprint density at radius 2 is 1.72 bits per heavy atom. The van der Waals surface area contributed by atoms with Gasteiger partial charge in [-0.2, -0.15) is 5.26 Å². The summed E-state index contributed by atoms with van der Waals surface area (Å²) in [5, 5.41) is 9.01. The molecular weight excluding hydrogens is 346 g/mol. The van der Waals surface area contributed by atoms with Crippen LogP contribution in [0.5, 0.6) is 23.0 Å². The molecule has 0 unspecified atom stereocenters. The third kappa shape index (κ3) is 4.14. The SMILES string of the molecule is COc1ccc(CC(=O)Oc2ccc(C#N)cc2Cl)c(OC)c1OC. The van der Waals surface area contributed by atoms with Gasteiger partial charge in [-0.1, -0.05) is 17.7 Å². The first kappa shape index (κ1) is 18.4. The number of ether oxygens (including phenoxy) is 4. The molecule has 0 spiro atoms. The average molecular weight is 362 g/mol. The van der Waals surface area contributed by atoms with Crippen molar-refractivity contribution in [2.45, 2.75) is 6.42 Å². The van der Waals surface area contributed by atoms with Gasteiger partial charge in [-0.15, -0.1) is 0 Å². The molecule has 2 aromatic rings. The molecule has 0 saturated heterocycles. The molecular formula is C18H16ClNO5. The van der Waals surface area contributed by atoms with E-state index in [2.05, 4.69) is 0 Å². The van der Waals surface area contributed by atoms with Gasteiger partial charge in [0, 0.05) is 5.56 Å². The van der Waals surface area contributed by atoms with Gasteiger partial charge in [0.25, 0.3) is 0 Å². The molecule has 0 N–H and O–H groups in total. The lowest BCUT2D eigenvalue weighted by atomic mass is 10.1. The number of hydrogen-bond donors (Lipinski definition) is 0.